The van der Waals surface area contributed by atoms with Crippen molar-refractivity contribution in [1.82, 2.24) is 0 Å². The van der Waals surface area contributed by atoms with Gasteiger partial charge in [-0.1, -0.05) is 12.1 Å². The summed E-state index contributed by atoms with van der Waals surface area (Å²) in [6.07, 6.45) is 0.396. The van der Waals surface area contributed by atoms with E-state index in [0.717, 1.165) is 5.56 Å². The van der Waals surface area contributed by atoms with Crippen molar-refractivity contribution in [2.24, 2.45) is 0 Å². The van der Waals surface area contributed by atoms with E-state index in [1.54, 1.807) is 26.0 Å². The largest absolute Gasteiger partial charge is 0.497 e. The van der Waals surface area contributed by atoms with Crippen molar-refractivity contribution in [2.45, 2.75) is 64.8 Å². The van der Waals surface area contributed by atoms with Crippen molar-refractivity contribution in [2.75, 3.05) is 0 Å². The summed E-state index contributed by atoms with van der Waals surface area (Å²) < 4.78 is 26.1. The predicted molar refractivity (Wildman–Crippen MR) is 82.1 cm³/mol. The van der Waals surface area contributed by atoms with Crippen LogP contribution in [0.15, 0.2) is 18.2 Å². The van der Waals surface area contributed by atoms with Gasteiger partial charge in [-0.05, 0) is 53.2 Å². The molecule has 1 heterocycles. The van der Waals surface area contributed by atoms with Gasteiger partial charge < -0.3 is 14.4 Å². The molecule has 0 atom stereocenters. The number of hydrogen-bond acceptors (Lipinski definition) is 3. The summed E-state index contributed by atoms with van der Waals surface area (Å²) in [6, 6.07) is 4.93. The van der Waals surface area contributed by atoms with Gasteiger partial charge in [0.1, 0.15) is 5.82 Å². The fourth-order valence-corrected chi connectivity index (χ4v) is 2.34. The van der Waals surface area contributed by atoms with E-state index < -0.39 is 23.9 Å². The van der Waals surface area contributed by atoms with E-state index in [0.29, 0.717) is 11.9 Å². The Morgan fingerprint density at radius 2 is 1.67 bits per heavy atom. The lowest BCUT2D eigenvalue weighted by Crippen LogP contribution is -2.41. The third-order valence-electron chi connectivity index (χ3n) is 4.21. The smallest absolute Gasteiger partial charge is 0.399 e. The molecule has 1 aromatic rings. The molecule has 2 rings (SSSR count). The molecule has 1 N–H and O–H groups in total. The Morgan fingerprint density at radius 3 is 2.10 bits per heavy atom. The highest BCUT2D eigenvalue weighted by Crippen LogP contribution is 2.36. The van der Waals surface area contributed by atoms with Crippen molar-refractivity contribution in [1.29, 1.82) is 0 Å². The second-order valence-electron chi connectivity index (χ2n) is 7.43. The summed E-state index contributed by atoms with van der Waals surface area (Å²) in [5.74, 6) is -0.366. The SMILES string of the molecule is CC(C)(O)Cc1ccc(B2OC(C)(C)C(C)(C)O2)c(F)c1. The zero-order valence-corrected chi connectivity index (χ0v) is 13.7. The molecule has 0 unspecified atom stereocenters. The Morgan fingerprint density at radius 1 is 1.14 bits per heavy atom. The summed E-state index contributed by atoms with van der Waals surface area (Å²) in [4.78, 5) is 0. The van der Waals surface area contributed by atoms with Gasteiger partial charge in [0, 0.05) is 11.9 Å². The molecule has 0 aliphatic carbocycles. The first-order valence-corrected chi connectivity index (χ1v) is 7.28. The Labute approximate surface area is 126 Å². The van der Waals surface area contributed by atoms with Crippen molar-refractivity contribution in [3.05, 3.63) is 29.6 Å². The lowest BCUT2D eigenvalue weighted by Gasteiger charge is -2.32. The van der Waals surface area contributed by atoms with Crippen LogP contribution in [-0.2, 0) is 15.7 Å². The molecule has 1 aromatic carbocycles. The highest BCUT2D eigenvalue weighted by Gasteiger charge is 2.52. The monoisotopic (exact) mass is 294 g/mol. The molecule has 0 aromatic heterocycles. The molecule has 3 nitrogen and oxygen atoms in total. The second-order valence-corrected chi connectivity index (χ2v) is 7.43. The topological polar surface area (TPSA) is 38.7 Å². The fourth-order valence-electron chi connectivity index (χ4n) is 2.34. The molecule has 0 spiro atoms. The molecule has 0 amide bonds. The van der Waals surface area contributed by atoms with Gasteiger partial charge in [-0.2, -0.15) is 0 Å². The lowest BCUT2D eigenvalue weighted by atomic mass is 9.78. The summed E-state index contributed by atoms with van der Waals surface area (Å²) in [6.45, 7) is 11.2. The molecular formula is C16H24BFO3. The zero-order valence-electron chi connectivity index (χ0n) is 13.7. The van der Waals surface area contributed by atoms with Crippen molar-refractivity contribution < 1.29 is 18.8 Å². The van der Waals surface area contributed by atoms with Crippen LogP contribution in [-0.4, -0.2) is 29.0 Å². The Hall–Kier alpha value is -0.905. The summed E-state index contributed by atoms with van der Waals surface area (Å²) in [5, 5.41) is 9.81. The van der Waals surface area contributed by atoms with Gasteiger partial charge in [-0.25, -0.2) is 4.39 Å². The highest BCUT2D eigenvalue weighted by molar-refractivity contribution is 6.62. The first kappa shape index (κ1) is 16.5. The molecule has 1 aliphatic rings. The van der Waals surface area contributed by atoms with Gasteiger partial charge in [-0.15, -0.1) is 0 Å². The van der Waals surface area contributed by atoms with Crippen LogP contribution in [0, 0.1) is 5.82 Å². The van der Waals surface area contributed by atoms with Crippen LogP contribution in [0.2, 0.25) is 0 Å². The Bertz CT molecular complexity index is 519. The normalized spacial score (nSPS) is 20.9. The molecule has 1 saturated heterocycles. The standard InChI is InChI=1S/C16H24BFO3/c1-14(2,19)10-11-7-8-12(13(18)9-11)17-20-15(3,4)16(5,6)21-17/h7-9,19H,10H2,1-6H3. The van der Waals surface area contributed by atoms with Crippen molar-refractivity contribution in [3.63, 3.8) is 0 Å². The van der Waals surface area contributed by atoms with Gasteiger partial charge >= 0.3 is 7.12 Å². The maximum atomic E-state index is 14.3. The average Bonchev–Trinajstić information content (AvgIpc) is 2.45. The number of aliphatic hydroxyl groups is 1. The summed E-state index contributed by atoms with van der Waals surface area (Å²) in [7, 11) is -0.703. The van der Waals surface area contributed by atoms with E-state index in [-0.39, 0.29) is 5.82 Å². The van der Waals surface area contributed by atoms with E-state index >= 15 is 0 Å². The maximum Gasteiger partial charge on any atom is 0.497 e. The Balaban J connectivity index is 2.23. The summed E-state index contributed by atoms with van der Waals surface area (Å²) >= 11 is 0. The molecule has 5 heteroatoms. The number of halogens is 1. The minimum Gasteiger partial charge on any atom is -0.399 e. The quantitative estimate of drug-likeness (QED) is 0.870. The molecule has 1 aliphatic heterocycles. The number of benzene rings is 1. The van der Waals surface area contributed by atoms with Gasteiger partial charge in [0.15, 0.2) is 0 Å². The van der Waals surface area contributed by atoms with Crippen LogP contribution in [0.1, 0.15) is 47.1 Å². The molecule has 0 saturated carbocycles. The minimum absolute atomic E-state index is 0.366. The number of hydrogen-bond donors (Lipinski definition) is 1. The molecule has 21 heavy (non-hydrogen) atoms. The van der Waals surface area contributed by atoms with Gasteiger partial charge in [0.2, 0.25) is 0 Å². The summed E-state index contributed by atoms with van der Waals surface area (Å²) in [5.41, 5.74) is -0.697. The van der Waals surface area contributed by atoms with Crippen LogP contribution in [0.25, 0.3) is 0 Å². The van der Waals surface area contributed by atoms with Gasteiger partial charge in [0.25, 0.3) is 0 Å². The third-order valence-corrected chi connectivity index (χ3v) is 4.21. The van der Waals surface area contributed by atoms with E-state index in [4.69, 9.17) is 9.31 Å². The van der Waals surface area contributed by atoms with Gasteiger partial charge in [0.05, 0.1) is 16.8 Å². The minimum atomic E-state index is -0.863. The van der Waals surface area contributed by atoms with Crippen LogP contribution in [0.5, 0.6) is 0 Å². The van der Waals surface area contributed by atoms with E-state index in [9.17, 15) is 9.50 Å². The van der Waals surface area contributed by atoms with Crippen molar-refractivity contribution in [3.8, 4) is 0 Å². The highest BCUT2D eigenvalue weighted by atomic mass is 19.1. The van der Waals surface area contributed by atoms with E-state index in [1.807, 2.05) is 27.7 Å². The molecule has 1 fully saturated rings. The third kappa shape index (κ3) is 3.47. The Kier molecular flexibility index (Phi) is 3.98. The predicted octanol–water partition coefficient (Wildman–Crippen LogP) is 2.44. The van der Waals surface area contributed by atoms with E-state index in [1.165, 1.54) is 6.07 Å². The van der Waals surface area contributed by atoms with Crippen molar-refractivity contribution >= 4 is 12.6 Å². The second kappa shape index (κ2) is 5.08. The van der Waals surface area contributed by atoms with Gasteiger partial charge in [-0.3, -0.25) is 0 Å². The average molecular weight is 294 g/mol. The fraction of sp³-hybridized carbons (Fsp3) is 0.625. The number of rotatable bonds is 3. The molecule has 116 valence electrons. The van der Waals surface area contributed by atoms with E-state index in [2.05, 4.69) is 0 Å². The zero-order chi connectivity index (χ0) is 16.1. The molecule has 0 bridgehead atoms. The molecular weight excluding hydrogens is 270 g/mol. The molecule has 0 radical (unpaired) electrons. The van der Waals surface area contributed by atoms with Crippen LogP contribution in [0.3, 0.4) is 0 Å². The van der Waals surface area contributed by atoms with Crippen LogP contribution >= 0.6 is 0 Å². The maximum absolute atomic E-state index is 14.3. The first-order valence-electron chi connectivity index (χ1n) is 7.28. The van der Waals surface area contributed by atoms with Crippen LogP contribution < -0.4 is 5.46 Å². The van der Waals surface area contributed by atoms with Crippen LogP contribution in [0.4, 0.5) is 4.39 Å². The lowest BCUT2D eigenvalue weighted by molar-refractivity contribution is 0.00578. The first-order chi connectivity index (χ1) is 9.41.